The number of carbonyl (C=O) groups is 1. The van der Waals surface area contributed by atoms with Crippen molar-refractivity contribution in [1.82, 2.24) is 0 Å². The van der Waals surface area contributed by atoms with Gasteiger partial charge in [0.2, 0.25) is 0 Å². The molecule has 0 aliphatic carbocycles. The second-order valence-electron chi connectivity index (χ2n) is 2.62. The standard InChI is InChI=1S/C7H14O4/c1-5(2)11-7(3,10-4)6(8)9/h5H,1-4H3,(H,8,9). The summed E-state index contributed by atoms with van der Waals surface area (Å²) in [6.45, 7) is 4.87. The number of carboxylic acid groups (broad SMARTS) is 1. The molecule has 0 aliphatic rings. The molecule has 0 aromatic rings. The summed E-state index contributed by atoms with van der Waals surface area (Å²) in [5, 5.41) is 8.63. The molecule has 0 rings (SSSR count). The lowest BCUT2D eigenvalue weighted by atomic mass is 10.3. The highest BCUT2D eigenvalue weighted by Gasteiger charge is 2.35. The van der Waals surface area contributed by atoms with Gasteiger partial charge in [0.15, 0.2) is 0 Å². The summed E-state index contributed by atoms with van der Waals surface area (Å²) in [7, 11) is 1.30. The molecule has 0 bridgehead atoms. The Morgan fingerprint density at radius 3 is 2.09 bits per heavy atom. The third kappa shape index (κ3) is 2.86. The van der Waals surface area contributed by atoms with Crippen molar-refractivity contribution in [3.63, 3.8) is 0 Å². The van der Waals surface area contributed by atoms with Gasteiger partial charge in [0.1, 0.15) is 0 Å². The molecular formula is C7H14O4. The van der Waals surface area contributed by atoms with Gasteiger partial charge in [-0.15, -0.1) is 0 Å². The first kappa shape index (κ1) is 10.4. The number of carboxylic acids is 1. The summed E-state index contributed by atoms with van der Waals surface area (Å²) in [4.78, 5) is 10.5. The van der Waals surface area contributed by atoms with E-state index in [0.717, 1.165) is 0 Å². The average molecular weight is 162 g/mol. The smallest absolute Gasteiger partial charge is 0.364 e. The molecular weight excluding hydrogens is 148 g/mol. The summed E-state index contributed by atoms with van der Waals surface area (Å²) in [6, 6.07) is 0. The monoisotopic (exact) mass is 162 g/mol. The maximum Gasteiger partial charge on any atom is 0.364 e. The van der Waals surface area contributed by atoms with E-state index in [4.69, 9.17) is 9.84 Å². The Balaban J connectivity index is 4.22. The normalized spacial score (nSPS) is 16.5. The van der Waals surface area contributed by atoms with Crippen LogP contribution in [0.25, 0.3) is 0 Å². The van der Waals surface area contributed by atoms with E-state index in [9.17, 15) is 4.79 Å². The topological polar surface area (TPSA) is 55.8 Å². The second-order valence-corrected chi connectivity index (χ2v) is 2.62. The van der Waals surface area contributed by atoms with Crippen LogP contribution in [-0.2, 0) is 14.3 Å². The molecule has 0 spiro atoms. The van der Waals surface area contributed by atoms with Crippen molar-refractivity contribution in [2.45, 2.75) is 32.7 Å². The molecule has 0 aromatic heterocycles. The lowest BCUT2D eigenvalue weighted by Gasteiger charge is -2.25. The van der Waals surface area contributed by atoms with Gasteiger partial charge in [-0.05, 0) is 13.8 Å². The van der Waals surface area contributed by atoms with Gasteiger partial charge in [-0.3, -0.25) is 0 Å². The van der Waals surface area contributed by atoms with E-state index >= 15 is 0 Å². The minimum atomic E-state index is -1.52. The van der Waals surface area contributed by atoms with Crippen molar-refractivity contribution in [2.75, 3.05) is 7.11 Å². The number of methoxy groups -OCH3 is 1. The Morgan fingerprint density at radius 1 is 1.55 bits per heavy atom. The first-order chi connectivity index (χ1) is 4.92. The van der Waals surface area contributed by atoms with Crippen LogP contribution in [0.5, 0.6) is 0 Å². The van der Waals surface area contributed by atoms with Gasteiger partial charge < -0.3 is 14.6 Å². The zero-order valence-corrected chi connectivity index (χ0v) is 7.25. The molecule has 4 nitrogen and oxygen atoms in total. The van der Waals surface area contributed by atoms with Crippen molar-refractivity contribution in [2.24, 2.45) is 0 Å². The Hall–Kier alpha value is -0.610. The molecule has 0 fully saturated rings. The van der Waals surface area contributed by atoms with Crippen LogP contribution in [0.1, 0.15) is 20.8 Å². The summed E-state index contributed by atoms with van der Waals surface area (Å²) in [6.07, 6.45) is -0.170. The minimum absolute atomic E-state index is 0.170. The van der Waals surface area contributed by atoms with Crippen LogP contribution in [0, 0.1) is 0 Å². The molecule has 0 saturated carbocycles. The SMILES string of the molecule is COC(C)(OC(C)C)C(=O)O. The number of rotatable bonds is 4. The first-order valence-corrected chi connectivity index (χ1v) is 3.38. The predicted octanol–water partition coefficient (Wildman–Crippen LogP) is 0.859. The van der Waals surface area contributed by atoms with Crippen LogP contribution < -0.4 is 0 Å². The van der Waals surface area contributed by atoms with Crippen molar-refractivity contribution < 1.29 is 19.4 Å². The fraction of sp³-hybridized carbons (Fsp3) is 0.857. The van der Waals surface area contributed by atoms with E-state index in [-0.39, 0.29) is 6.10 Å². The number of aliphatic carboxylic acids is 1. The van der Waals surface area contributed by atoms with Crippen LogP contribution in [-0.4, -0.2) is 30.1 Å². The molecule has 0 aromatic carbocycles. The third-order valence-corrected chi connectivity index (χ3v) is 1.24. The number of hydrogen-bond donors (Lipinski definition) is 1. The van der Waals surface area contributed by atoms with Crippen LogP contribution in [0.3, 0.4) is 0 Å². The van der Waals surface area contributed by atoms with E-state index in [1.54, 1.807) is 13.8 Å². The quantitative estimate of drug-likeness (QED) is 0.623. The van der Waals surface area contributed by atoms with Crippen LogP contribution >= 0.6 is 0 Å². The fourth-order valence-corrected chi connectivity index (χ4v) is 0.636. The van der Waals surface area contributed by atoms with Crippen LogP contribution in [0.15, 0.2) is 0 Å². The van der Waals surface area contributed by atoms with Crippen LogP contribution in [0.4, 0.5) is 0 Å². The molecule has 1 unspecified atom stereocenters. The molecule has 1 atom stereocenters. The van der Waals surface area contributed by atoms with E-state index < -0.39 is 11.8 Å². The van der Waals surface area contributed by atoms with Crippen molar-refractivity contribution in [3.8, 4) is 0 Å². The highest BCUT2D eigenvalue weighted by molar-refractivity contribution is 5.75. The largest absolute Gasteiger partial charge is 0.477 e. The van der Waals surface area contributed by atoms with E-state index in [1.807, 2.05) is 0 Å². The van der Waals surface area contributed by atoms with Crippen molar-refractivity contribution >= 4 is 5.97 Å². The molecule has 0 saturated heterocycles. The molecule has 0 radical (unpaired) electrons. The van der Waals surface area contributed by atoms with Gasteiger partial charge in [-0.25, -0.2) is 4.79 Å². The van der Waals surface area contributed by atoms with E-state index in [0.29, 0.717) is 0 Å². The van der Waals surface area contributed by atoms with Crippen molar-refractivity contribution in [1.29, 1.82) is 0 Å². The predicted molar refractivity (Wildman–Crippen MR) is 39.3 cm³/mol. The third-order valence-electron chi connectivity index (χ3n) is 1.24. The van der Waals surface area contributed by atoms with Crippen LogP contribution in [0.2, 0.25) is 0 Å². The molecule has 0 amide bonds. The summed E-state index contributed by atoms with van der Waals surface area (Å²) >= 11 is 0. The molecule has 11 heavy (non-hydrogen) atoms. The average Bonchev–Trinajstić information content (AvgIpc) is 1.86. The number of hydrogen-bond acceptors (Lipinski definition) is 3. The van der Waals surface area contributed by atoms with Gasteiger partial charge in [0, 0.05) is 14.0 Å². The Morgan fingerprint density at radius 2 is 2.00 bits per heavy atom. The Bertz CT molecular complexity index is 143. The van der Waals surface area contributed by atoms with Gasteiger partial charge in [-0.2, -0.15) is 0 Å². The van der Waals surface area contributed by atoms with Gasteiger partial charge in [0.05, 0.1) is 6.10 Å². The maximum absolute atomic E-state index is 10.5. The summed E-state index contributed by atoms with van der Waals surface area (Å²) in [5.74, 6) is -2.64. The Labute approximate surface area is 66.1 Å². The highest BCUT2D eigenvalue weighted by atomic mass is 16.7. The van der Waals surface area contributed by atoms with Crippen molar-refractivity contribution in [3.05, 3.63) is 0 Å². The number of ether oxygens (including phenoxy) is 2. The fourth-order valence-electron chi connectivity index (χ4n) is 0.636. The zero-order chi connectivity index (χ0) is 9.07. The zero-order valence-electron chi connectivity index (χ0n) is 7.25. The summed E-state index contributed by atoms with van der Waals surface area (Å²) in [5.41, 5.74) is 0. The first-order valence-electron chi connectivity index (χ1n) is 3.38. The molecule has 4 heteroatoms. The van der Waals surface area contributed by atoms with Gasteiger partial charge in [-0.1, -0.05) is 0 Å². The molecule has 0 heterocycles. The molecule has 1 N–H and O–H groups in total. The Kier molecular flexibility index (Phi) is 3.48. The lowest BCUT2D eigenvalue weighted by molar-refractivity contribution is -0.238. The summed E-state index contributed by atoms with van der Waals surface area (Å²) < 4.78 is 9.71. The second kappa shape index (κ2) is 3.69. The highest BCUT2D eigenvalue weighted by Crippen LogP contribution is 2.13. The van der Waals surface area contributed by atoms with E-state index in [2.05, 4.69) is 4.74 Å². The van der Waals surface area contributed by atoms with Gasteiger partial charge in [0.25, 0.3) is 5.79 Å². The lowest BCUT2D eigenvalue weighted by Crippen LogP contribution is -2.42. The molecule has 66 valence electrons. The molecule has 0 aliphatic heterocycles. The maximum atomic E-state index is 10.5. The van der Waals surface area contributed by atoms with E-state index in [1.165, 1.54) is 14.0 Å². The minimum Gasteiger partial charge on any atom is -0.477 e. The van der Waals surface area contributed by atoms with Gasteiger partial charge >= 0.3 is 5.97 Å².